The number of ether oxygens (including phenoxy) is 4. The van der Waals surface area contributed by atoms with E-state index in [1.165, 1.54) is 127 Å². The summed E-state index contributed by atoms with van der Waals surface area (Å²) < 4.78 is 92.6. The Kier molecular flexibility index (Phi) is 55.8. The Bertz CT molecular complexity index is 2330. The van der Waals surface area contributed by atoms with Gasteiger partial charge in [-0.1, -0.05) is 243 Å². The number of allylic oxidation sites excluding steroid dienone is 8. The predicted molar refractivity (Wildman–Crippen MR) is 360 cm³/mol. The van der Waals surface area contributed by atoms with Crippen LogP contribution in [0, 0.1) is 0 Å². The molecule has 2 aromatic carbocycles. The second-order valence-corrected chi connectivity index (χ2v) is 25.5. The zero-order valence-corrected chi connectivity index (χ0v) is 59.3. The molecule has 0 aliphatic carbocycles. The Morgan fingerprint density at radius 2 is 0.517 bits per heavy atom. The van der Waals surface area contributed by atoms with Gasteiger partial charge in [0.1, 0.15) is 20.2 Å². The van der Waals surface area contributed by atoms with E-state index in [9.17, 15) is 45.1 Å². The fraction of sp³-hybridized carbons (Fsp3) is 0.667. The maximum atomic E-state index is 12.9. The molecule has 0 unspecified atom stereocenters. The molecule has 500 valence electrons. The Labute approximate surface area is 569 Å². The van der Waals surface area contributed by atoms with Crippen LogP contribution < -0.4 is 0 Å². The van der Waals surface area contributed by atoms with Crippen molar-refractivity contribution in [1.29, 1.82) is 0 Å². The summed E-state index contributed by atoms with van der Waals surface area (Å²) in [6.45, 7) is 9.04. The second kappa shape index (κ2) is 58.2. The normalized spacial score (nSPS) is 11.8. The van der Waals surface area contributed by atoms with E-state index in [1.807, 2.05) is 0 Å². The van der Waals surface area contributed by atoms with Gasteiger partial charge in [0, 0.05) is 0 Å². The molecule has 0 atom stereocenters. The molecule has 89 heavy (non-hydrogen) atoms. The third-order valence-electron chi connectivity index (χ3n) is 15.0. The summed E-state index contributed by atoms with van der Waals surface area (Å²) in [7, 11) is -10.0. The largest absolute Gasteiger partial charge is 2.00 e. The van der Waals surface area contributed by atoms with Gasteiger partial charge < -0.3 is 28.1 Å². The van der Waals surface area contributed by atoms with Gasteiger partial charge >= 0.3 is 61.6 Å². The van der Waals surface area contributed by atoms with E-state index in [4.69, 9.17) is 18.9 Å². The first kappa shape index (κ1) is 85.4. The van der Waals surface area contributed by atoms with Crippen molar-refractivity contribution in [1.82, 2.24) is 0 Å². The van der Waals surface area contributed by atoms with Crippen molar-refractivity contribution >= 4 is 81.9 Å². The minimum atomic E-state index is -5.01. The van der Waals surface area contributed by atoms with Crippen LogP contribution in [0.15, 0.2) is 94.8 Å². The molecule has 0 amide bonds. The van der Waals surface area contributed by atoms with Crippen LogP contribution >= 0.6 is 0 Å². The molecular formula is C72H114CaO14S2. The first-order chi connectivity index (χ1) is 42.6. The van der Waals surface area contributed by atoms with Crippen molar-refractivity contribution in [3.8, 4) is 0 Å². The molecule has 0 saturated carbocycles. The first-order valence-electron chi connectivity index (χ1n) is 34.1. The summed E-state index contributed by atoms with van der Waals surface area (Å²) >= 11 is 0. The second-order valence-electron chi connectivity index (χ2n) is 22.8. The molecule has 0 N–H and O–H groups in total. The Hall–Kier alpha value is -3.64. The van der Waals surface area contributed by atoms with Crippen molar-refractivity contribution in [2.45, 2.75) is 294 Å². The quantitative estimate of drug-likeness (QED) is 0.0150. The summed E-state index contributed by atoms with van der Waals surface area (Å²) in [5, 5.41) is 0. The van der Waals surface area contributed by atoms with Crippen molar-refractivity contribution in [2.24, 2.45) is 0 Å². The summed E-state index contributed by atoms with van der Waals surface area (Å²) in [5.74, 6) is -3.65. The van der Waals surface area contributed by atoms with Crippen LogP contribution in [0.25, 0.3) is 0 Å². The van der Waals surface area contributed by atoms with E-state index in [2.05, 4.69) is 76.3 Å². The SMILES string of the molecule is CC/C=C/CCCCCCCCCCOC(=O)c1cccc(S(=O)(=O)[O-])c1C(=O)OCCCCCCCCCC/C=C/CC.CC/C=C/CCCCCCCCCCOC(=O)c1cccc(S(=O)(=O)[O-])c1C(=O)OCCCCCCCCCC/C=C/CC.[Ca+2]. The van der Waals surface area contributed by atoms with Crippen LogP contribution in [0.5, 0.6) is 0 Å². The summed E-state index contributed by atoms with van der Waals surface area (Å²) in [6, 6.07) is 7.17. The van der Waals surface area contributed by atoms with Gasteiger partial charge in [0.2, 0.25) is 0 Å². The number of hydrogen-bond acceptors (Lipinski definition) is 14. The number of unbranched alkanes of at least 4 members (excludes halogenated alkanes) is 32. The molecule has 0 fully saturated rings. The maximum Gasteiger partial charge on any atom is 2.00 e. The van der Waals surface area contributed by atoms with Crippen LogP contribution in [0.2, 0.25) is 0 Å². The molecule has 0 saturated heterocycles. The number of esters is 4. The smallest absolute Gasteiger partial charge is 0.744 e. The zero-order chi connectivity index (χ0) is 64.6. The molecule has 0 spiro atoms. The molecule has 14 nitrogen and oxygen atoms in total. The number of hydrogen-bond donors (Lipinski definition) is 0. The first-order valence-corrected chi connectivity index (χ1v) is 36.9. The van der Waals surface area contributed by atoms with Crippen LogP contribution in [-0.2, 0) is 39.2 Å². The van der Waals surface area contributed by atoms with Crippen molar-refractivity contribution in [2.75, 3.05) is 26.4 Å². The molecule has 2 rings (SSSR count). The molecule has 17 heteroatoms. The molecule has 0 aromatic heterocycles. The van der Waals surface area contributed by atoms with Crippen molar-refractivity contribution < 1.29 is 64.1 Å². The third kappa shape index (κ3) is 45.3. The van der Waals surface area contributed by atoms with Gasteiger partial charge in [-0.3, -0.25) is 0 Å². The van der Waals surface area contributed by atoms with E-state index in [1.54, 1.807) is 0 Å². The predicted octanol–water partition coefficient (Wildman–Crippen LogP) is 19.3. The van der Waals surface area contributed by atoms with Gasteiger partial charge in [0.05, 0.1) is 58.5 Å². The Morgan fingerprint density at radius 1 is 0.315 bits per heavy atom. The van der Waals surface area contributed by atoms with Crippen LogP contribution in [0.4, 0.5) is 0 Å². The number of benzene rings is 2. The summed E-state index contributed by atoms with van der Waals surface area (Å²) in [4.78, 5) is 49.9. The number of carbonyl (C=O) groups is 4. The van der Waals surface area contributed by atoms with E-state index in [-0.39, 0.29) is 75.3 Å². The Balaban J connectivity index is 0.00000172. The zero-order valence-electron chi connectivity index (χ0n) is 55.4. The van der Waals surface area contributed by atoms with Crippen LogP contribution in [0.3, 0.4) is 0 Å². The molecule has 0 aliphatic heterocycles. The van der Waals surface area contributed by atoms with Crippen LogP contribution in [0.1, 0.15) is 326 Å². The fourth-order valence-electron chi connectivity index (χ4n) is 10.0. The van der Waals surface area contributed by atoms with Gasteiger partial charge in [-0.2, -0.15) is 0 Å². The van der Waals surface area contributed by atoms with Gasteiger partial charge in [-0.25, -0.2) is 36.0 Å². The number of carbonyl (C=O) groups excluding carboxylic acids is 4. The monoisotopic (exact) mass is 1310 g/mol. The third-order valence-corrected chi connectivity index (χ3v) is 16.8. The summed E-state index contributed by atoms with van der Waals surface area (Å²) in [6.07, 6.45) is 61.1. The summed E-state index contributed by atoms with van der Waals surface area (Å²) in [5.41, 5.74) is -1.59. The molecule has 0 bridgehead atoms. The number of rotatable bonds is 54. The van der Waals surface area contributed by atoms with Crippen LogP contribution in [-0.4, -0.2) is 114 Å². The van der Waals surface area contributed by atoms with Gasteiger partial charge in [0.15, 0.2) is 0 Å². The molecule has 0 heterocycles. The average molecular weight is 1310 g/mol. The molecule has 2 aromatic rings. The van der Waals surface area contributed by atoms with Gasteiger partial charge in [-0.15, -0.1) is 0 Å². The van der Waals surface area contributed by atoms with E-state index in [0.29, 0.717) is 25.7 Å². The fourth-order valence-corrected chi connectivity index (χ4v) is 11.4. The minimum absolute atomic E-state index is 0. The standard InChI is InChI=1S/2C36H58O7S.Ca/c2*1-3-5-7-9-11-13-15-17-19-21-23-25-30-42-35(37)32-28-27-29-33(44(39,40)41)34(32)36(38)43-31-26-24-22-20-18-16-14-12-10-8-6-4-2;/h2*5-8,27-29H,3-4,9-26,30-31H2,1-2H3,(H,39,40,41);/q;;+2/p-2/b2*7-5+,8-6+;. The minimum Gasteiger partial charge on any atom is -0.744 e. The van der Waals surface area contributed by atoms with Gasteiger partial charge in [-0.05, 0) is 127 Å². The van der Waals surface area contributed by atoms with E-state index >= 15 is 0 Å². The van der Waals surface area contributed by atoms with E-state index in [0.717, 1.165) is 141 Å². The van der Waals surface area contributed by atoms with Crippen molar-refractivity contribution in [3.63, 3.8) is 0 Å². The topological polar surface area (TPSA) is 220 Å². The van der Waals surface area contributed by atoms with Crippen molar-refractivity contribution in [3.05, 3.63) is 107 Å². The molecule has 0 aliphatic rings. The maximum absolute atomic E-state index is 12.9. The van der Waals surface area contributed by atoms with E-state index < -0.39 is 65.0 Å². The Morgan fingerprint density at radius 3 is 0.730 bits per heavy atom. The van der Waals surface area contributed by atoms with Gasteiger partial charge in [0.25, 0.3) is 0 Å². The average Bonchev–Trinajstić information content (AvgIpc) is 3.38. The molecular weight excluding hydrogens is 1190 g/mol. The molecule has 0 radical (unpaired) electrons.